The fourth-order valence-electron chi connectivity index (χ4n) is 2.55. The summed E-state index contributed by atoms with van der Waals surface area (Å²) < 4.78 is 5.09. The fraction of sp³-hybridized carbons (Fsp3) is 0.357. The van der Waals surface area contributed by atoms with Crippen molar-refractivity contribution in [1.82, 2.24) is 10.3 Å². The zero-order chi connectivity index (χ0) is 12.5. The summed E-state index contributed by atoms with van der Waals surface area (Å²) in [5.74, 6) is -0.255. The average Bonchev–Trinajstić information content (AvgIpc) is 2.77. The van der Waals surface area contributed by atoms with E-state index in [2.05, 4.69) is 16.4 Å². The Bertz CT molecular complexity index is 601. The second kappa shape index (κ2) is 4.46. The molecule has 4 nitrogen and oxygen atoms in total. The summed E-state index contributed by atoms with van der Waals surface area (Å²) in [6.45, 7) is 4.06. The Morgan fingerprint density at radius 2 is 2.33 bits per heavy atom. The summed E-state index contributed by atoms with van der Waals surface area (Å²) in [4.78, 5) is 15.3. The van der Waals surface area contributed by atoms with Crippen LogP contribution in [0.4, 0.5) is 0 Å². The number of hydrogen-bond acceptors (Lipinski definition) is 3. The van der Waals surface area contributed by atoms with E-state index >= 15 is 0 Å². The Labute approximate surface area is 105 Å². The van der Waals surface area contributed by atoms with E-state index in [0.29, 0.717) is 12.2 Å². The minimum Gasteiger partial charge on any atom is -0.462 e. The van der Waals surface area contributed by atoms with Crippen LogP contribution in [0.5, 0.6) is 0 Å². The lowest BCUT2D eigenvalue weighted by Gasteiger charge is -2.12. The van der Waals surface area contributed by atoms with Gasteiger partial charge in [-0.3, -0.25) is 0 Å². The zero-order valence-electron chi connectivity index (χ0n) is 10.4. The van der Waals surface area contributed by atoms with Gasteiger partial charge < -0.3 is 15.0 Å². The van der Waals surface area contributed by atoms with Crippen LogP contribution in [-0.4, -0.2) is 24.1 Å². The number of hydrogen-bond donors (Lipinski definition) is 2. The number of carbonyl (C=O) groups is 1. The van der Waals surface area contributed by atoms with Crippen molar-refractivity contribution in [3.63, 3.8) is 0 Å². The summed E-state index contributed by atoms with van der Waals surface area (Å²) in [5.41, 5.74) is 4.05. The normalized spacial score (nSPS) is 14.5. The van der Waals surface area contributed by atoms with Gasteiger partial charge in [-0.05, 0) is 18.6 Å². The summed E-state index contributed by atoms with van der Waals surface area (Å²) >= 11 is 0. The summed E-state index contributed by atoms with van der Waals surface area (Å²) in [7, 11) is 0. The molecule has 18 heavy (non-hydrogen) atoms. The molecule has 2 N–H and O–H groups in total. The van der Waals surface area contributed by atoms with Crippen molar-refractivity contribution in [2.75, 3.05) is 13.2 Å². The third-order valence-corrected chi connectivity index (χ3v) is 3.38. The lowest BCUT2D eigenvalue weighted by molar-refractivity contribution is 0.0528. The van der Waals surface area contributed by atoms with Crippen LogP contribution in [0.2, 0.25) is 0 Å². The molecule has 0 saturated heterocycles. The van der Waals surface area contributed by atoms with E-state index in [1.54, 1.807) is 0 Å². The number of nitrogens with one attached hydrogen (secondary N) is 2. The van der Waals surface area contributed by atoms with Gasteiger partial charge in [0.2, 0.25) is 0 Å². The second-order valence-electron chi connectivity index (χ2n) is 4.46. The number of fused-ring (bicyclic) bond motifs is 3. The van der Waals surface area contributed by atoms with Crippen LogP contribution >= 0.6 is 0 Å². The standard InChI is InChI=1S/C14H16N2O2/c1-2-18-14(17)10-5-3-4-9-11-8-15-7-6-12(11)16-13(9)10/h3-5,15-16H,2,6-8H2,1H3. The van der Waals surface area contributed by atoms with Crippen LogP contribution in [0, 0.1) is 0 Å². The van der Waals surface area contributed by atoms with Crippen LogP contribution in [0.15, 0.2) is 18.2 Å². The summed E-state index contributed by atoms with van der Waals surface area (Å²) in [6.07, 6.45) is 0.978. The van der Waals surface area contributed by atoms with Crippen LogP contribution < -0.4 is 5.32 Å². The molecule has 1 aliphatic heterocycles. The van der Waals surface area contributed by atoms with Crippen LogP contribution in [-0.2, 0) is 17.7 Å². The Morgan fingerprint density at radius 3 is 3.17 bits per heavy atom. The van der Waals surface area contributed by atoms with E-state index in [0.717, 1.165) is 30.4 Å². The van der Waals surface area contributed by atoms with Crippen molar-refractivity contribution in [1.29, 1.82) is 0 Å². The first kappa shape index (κ1) is 11.3. The molecule has 94 valence electrons. The maximum atomic E-state index is 11.9. The molecule has 4 heteroatoms. The maximum Gasteiger partial charge on any atom is 0.340 e. The van der Waals surface area contributed by atoms with Gasteiger partial charge in [0.15, 0.2) is 0 Å². The number of aromatic nitrogens is 1. The van der Waals surface area contributed by atoms with Crippen LogP contribution in [0.1, 0.15) is 28.5 Å². The van der Waals surface area contributed by atoms with E-state index in [4.69, 9.17) is 4.74 Å². The van der Waals surface area contributed by atoms with Crippen molar-refractivity contribution < 1.29 is 9.53 Å². The molecular formula is C14H16N2O2. The molecule has 0 spiro atoms. The molecule has 0 amide bonds. The molecule has 0 unspecified atom stereocenters. The van der Waals surface area contributed by atoms with Crippen molar-refractivity contribution in [2.24, 2.45) is 0 Å². The number of ether oxygens (including phenoxy) is 1. The predicted octanol–water partition coefficient (Wildman–Crippen LogP) is 1.99. The molecule has 0 radical (unpaired) electrons. The highest BCUT2D eigenvalue weighted by atomic mass is 16.5. The van der Waals surface area contributed by atoms with Crippen molar-refractivity contribution in [2.45, 2.75) is 19.9 Å². The molecule has 1 aromatic carbocycles. The molecule has 3 rings (SSSR count). The highest BCUT2D eigenvalue weighted by Gasteiger charge is 2.19. The first-order valence-corrected chi connectivity index (χ1v) is 6.31. The van der Waals surface area contributed by atoms with Gasteiger partial charge in [-0.15, -0.1) is 0 Å². The lowest BCUT2D eigenvalue weighted by Crippen LogP contribution is -2.22. The topological polar surface area (TPSA) is 54.1 Å². The van der Waals surface area contributed by atoms with Crippen molar-refractivity contribution >= 4 is 16.9 Å². The lowest BCUT2D eigenvalue weighted by atomic mass is 10.0. The monoisotopic (exact) mass is 244 g/mol. The van der Waals surface area contributed by atoms with Gasteiger partial charge in [0.25, 0.3) is 0 Å². The number of esters is 1. The number of aromatic amines is 1. The van der Waals surface area contributed by atoms with Gasteiger partial charge >= 0.3 is 5.97 Å². The molecule has 2 heterocycles. The molecule has 0 bridgehead atoms. The third-order valence-electron chi connectivity index (χ3n) is 3.38. The number of benzene rings is 1. The van der Waals surface area contributed by atoms with Gasteiger partial charge in [0.05, 0.1) is 17.7 Å². The molecule has 0 aliphatic carbocycles. The number of H-pyrrole nitrogens is 1. The fourth-order valence-corrected chi connectivity index (χ4v) is 2.55. The first-order chi connectivity index (χ1) is 8.81. The Kier molecular flexibility index (Phi) is 2.80. The molecule has 0 atom stereocenters. The summed E-state index contributed by atoms with van der Waals surface area (Å²) in [6, 6.07) is 5.79. The smallest absolute Gasteiger partial charge is 0.340 e. The number of para-hydroxylation sites is 1. The minimum atomic E-state index is -0.255. The van der Waals surface area contributed by atoms with E-state index in [1.807, 2.05) is 19.1 Å². The SMILES string of the molecule is CCOC(=O)c1cccc2c3c([nH]c12)CCNC3. The average molecular weight is 244 g/mol. The molecule has 0 fully saturated rings. The van der Waals surface area contributed by atoms with Crippen molar-refractivity contribution in [3.05, 3.63) is 35.0 Å². The highest BCUT2D eigenvalue weighted by molar-refractivity contribution is 6.04. The highest BCUT2D eigenvalue weighted by Crippen LogP contribution is 2.27. The van der Waals surface area contributed by atoms with E-state index < -0.39 is 0 Å². The number of rotatable bonds is 2. The van der Waals surface area contributed by atoms with E-state index in [9.17, 15) is 4.79 Å². The van der Waals surface area contributed by atoms with Gasteiger partial charge in [0, 0.05) is 30.6 Å². The first-order valence-electron chi connectivity index (χ1n) is 6.31. The maximum absolute atomic E-state index is 11.9. The summed E-state index contributed by atoms with van der Waals surface area (Å²) in [5, 5.41) is 4.48. The third kappa shape index (κ3) is 1.69. The Balaban J connectivity index is 2.16. The molecule has 1 aliphatic rings. The predicted molar refractivity (Wildman–Crippen MR) is 69.7 cm³/mol. The Hall–Kier alpha value is -1.81. The molecule has 0 saturated carbocycles. The molecule has 2 aromatic rings. The van der Waals surface area contributed by atoms with Gasteiger partial charge in [0.1, 0.15) is 0 Å². The number of carbonyl (C=O) groups excluding carboxylic acids is 1. The Morgan fingerprint density at radius 1 is 1.44 bits per heavy atom. The van der Waals surface area contributed by atoms with Crippen molar-refractivity contribution in [3.8, 4) is 0 Å². The zero-order valence-corrected chi connectivity index (χ0v) is 10.4. The van der Waals surface area contributed by atoms with E-state index in [-0.39, 0.29) is 5.97 Å². The molecular weight excluding hydrogens is 228 g/mol. The van der Waals surface area contributed by atoms with Gasteiger partial charge in [-0.1, -0.05) is 12.1 Å². The largest absolute Gasteiger partial charge is 0.462 e. The second-order valence-corrected chi connectivity index (χ2v) is 4.46. The van der Waals surface area contributed by atoms with Gasteiger partial charge in [-0.2, -0.15) is 0 Å². The van der Waals surface area contributed by atoms with Crippen LogP contribution in [0.3, 0.4) is 0 Å². The molecule has 1 aromatic heterocycles. The van der Waals surface area contributed by atoms with E-state index in [1.165, 1.54) is 11.3 Å². The minimum absolute atomic E-state index is 0.255. The van der Waals surface area contributed by atoms with Gasteiger partial charge in [-0.25, -0.2) is 4.79 Å². The van der Waals surface area contributed by atoms with Crippen LogP contribution in [0.25, 0.3) is 10.9 Å². The quantitative estimate of drug-likeness (QED) is 0.794.